The molecule has 1 aromatic carbocycles. The highest BCUT2D eigenvalue weighted by molar-refractivity contribution is 6.32. The number of carbonyl (C=O) groups excluding carboxylic acids is 1. The standard InChI is InChI=1S/C13H17ClN2O3/c1-3-15-13(17)8(2)16-6-9-4-10(14)12-11(5-9)18-7-19-12/h4-5,8,16H,3,6-7H2,1-2H3,(H,15,17). The van der Waals surface area contributed by atoms with Gasteiger partial charge in [-0.05, 0) is 31.5 Å². The number of hydrogen-bond donors (Lipinski definition) is 2. The minimum Gasteiger partial charge on any atom is -0.454 e. The monoisotopic (exact) mass is 284 g/mol. The SMILES string of the molecule is CCNC(=O)C(C)NCc1cc(Cl)c2c(c1)OCO2. The number of likely N-dealkylation sites (N-methyl/N-ethyl adjacent to an activating group) is 1. The van der Waals surface area contributed by atoms with Crippen molar-refractivity contribution in [3.05, 3.63) is 22.7 Å². The number of halogens is 1. The predicted octanol–water partition coefficient (Wildman–Crippen LogP) is 1.68. The van der Waals surface area contributed by atoms with Crippen molar-refractivity contribution < 1.29 is 14.3 Å². The quantitative estimate of drug-likeness (QED) is 0.864. The summed E-state index contributed by atoms with van der Waals surface area (Å²) in [6, 6.07) is 3.42. The first-order valence-electron chi connectivity index (χ1n) is 6.21. The molecule has 1 heterocycles. The van der Waals surface area contributed by atoms with Crippen LogP contribution in [0, 0.1) is 0 Å². The number of benzene rings is 1. The second-order valence-electron chi connectivity index (χ2n) is 4.31. The number of nitrogens with one attached hydrogen (secondary N) is 2. The van der Waals surface area contributed by atoms with Gasteiger partial charge in [-0.3, -0.25) is 4.79 Å². The fourth-order valence-electron chi connectivity index (χ4n) is 1.81. The molecule has 0 saturated carbocycles. The molecule has 0 aromatic heterocycles. The van der Waals surface area contributed by atoms with Crippen molar-refractivity contribution in [2.45, 2.75) is 26.4 Å². The van der Waals surface area contributed by atoms with Crippen LogP contribution in [0.2, 0.25) is 5.02 Å². The van der Waals surface area contributed by atoms with E-state index in [0.29, 0.717) is 29.6 Å². The van der Waals surface area contributed by atoms with E-state index in [9.17, 15) is 4.79 Å². The van der Waals surface area contributed by atoms with Gasteiger partial charge >= 0.3 is 0 Å². The van der Waals surface area contributed by atoms with E-state index in [-0.39, 0.29) is 18.7 Å². The zero-order chi connectivity index (χ0) is 13.8. The molecule has 1 unspecified atom stereocenters. The fraction of sp³-hybridized carbons (Fsp3) is 0.462. The summed E-state index contributed by atoms with van der Waals surface area (Å²) in [7, 11) is 0. The zero-order valence-corrected chi connectivity index (χ0v) is 11.7. The number of ether oxygens (including phenoxy) is 2. The van der Waals surface area contributed by atoms with E-state index in [1.54, 1.807) is 0 Å². The molecule has 6 heteroatoms. The molecule has 0 saturated heterocycles. The van der Waals surface area contributed by atoms with Crippen molar-refractivity contribution >= 4 is 17.5 Å². The van der Waals surface area contributed by atoms with Crippen LogP contribution >= 0.6 is 11.6 Å². The van der Waals surface area contributed by atoms with Gasteiger partial charge in [0, 0.05) is 13.1 Å². The summed E-state index contributed by atoms with van der Waals surface area (Å²) < 4.78 is 10.5. The Balaban J connectivity index is 1.97. The molecule has 0 spiro atoms. The first-order valence-corrected chi connectivity index (χ1v) is 6.58. The Morgan fingerprint density at radius 1 is 1.47 bits per heavy atom. The van der Waals surface area contributed by atoms with Gasteiger partial charge in [-0.15, -0.1) is 0 Å². The summed E-state index contributed by atoms with van der Waals surface area (Å²) in [5, 5.41) is 6.42. The van der Waals surface area contributed by atoms with Gasteiger partial charge in [0.05, 0.1) is 11.1 Å². The Bertz CT molecular complexity index is 479. The Labute approximate surface area is 117 Å². The lowest BCUT2D eigenvalue weighted by atomic mass is 10.2. The van der Waals surface area contributed by atoms with Gasteiger partial charge in [-0.1, -0.05) is 11.6 Å². The van der Waals surface area contributed by atoms with E-state index in [2.05, 4.69) is 10.6 Å². The molecule has 104 valence electrons. The molecule has 0 bridgehead atoms. The minimum atomic E-state index is -0.260. The molecule has 0 fully saturated rings. The van der Waals surface area contributed by atoms with Gasteiger partial charge in [0.15, 0.2) is 11.5 Å². The lowest BCUT2D eigenvalue weighted by molar-refractivity contribution is -0.122. The van der Waals surface area contributed by atoms with Gasteiger partial charge in [0.1, 0.15) is 0 Å². The maximum Gasteiger partial charge on any atom is 0.236 e. The molecular formula is C13H17ClN2O3. The van der Waals surface area contributed by atoms with Crippen LogP contribution in [0.25, 0.3) is 0 Å². The van der Waals surface area contributed by atoms with Crippen molar-refractivity contribution in [2.75, 3.05) is 13.3 Å². The van der Waals surface area contributed by atoms with Gasteiger partial charge in [0.25, 0.3) is 0 Å². The van der Waals surface area contributed by atoms with Gasteiger partial charge in [-0.25, -0.2) is 0 Å². The van der Waals surface area contributed by atoms with Crippen molar-refractivity contribution in [2.24, 2.45) is 0 Å². The third-order valence-electron chi connectivity index (χ3n) is 2.84. The molecule has 2 N–H and O–H groups in total. The second-order valence-corrected chi connectivity index (χ2v) is 4.72. The summed E-state index contributed by atoms with van der Waals surface area (Å²) in [5.41, 5.74) is 0.949. The minimum absolute atomic E-state index is 0.0191. The summed E-state index contributed by atoms with van der Waals surface area (Å²) in [6.45, 7) is 5.07. The zero-order valence-electron chi connectivity index (χ0n) is 11.0. The first-order chi connectivity index (χ1) is 9.11. The molecular weight excluding hydrogens is 268 g/mol. The van der Waals surface area contributed by atoms with E-state index in [1.165, 1.54) is 0 Å². The predicted molar refractivity (Wildman–Crippen MR) is 72.6 cm³/mol. The number of fused-ring (bicyclic) bond motifs is 1. The number of rotatable bonds is 5. The average Bonchev–Trinajstić information content (AvgIpc) is 2.85. The maximum absolute atomic E-state index is 11.6. The van der Waals surface area contributed by atoms with Crippen LogP contribution in [0.5, 0.6) is 11.5 Å². The molecule has 1 atom stereocenters. The van der Waals surface area contributed by atoms with Crippen LogP contribution in [0.4, 0.5) is 0 Å². The van der Waals surface area contributed by atoms with Crippen molar-refractivity contribution in [1.29, 1.82) is 0 Å². The van der Waals surface area contributed by atoms with Crippen LogP contribution in [-0.4, -0.2) is 25.3 Å². The van der Waals surface area contributed by atoms with Gasteiger partial charge in [-0.2, -0.15) is 0 Å². The smallest absolute Gasteiger partial charge is 0.236 e. The molecule has 1 amide bonds. The molecule has 1 aliphatic heterocycles. The van der Waals surface area contributed by atoms with E-state index < -0.39 is 0 Å². The van der Waals surface area contributed by atoms with E-state index >= 15 is 0 Å². The lowest BCUT2D eigenvalue weighted by Crippen LogP contribution is -2.41. The second kappa shape index (κ2) is 6.12. The fourth-order valence-corrected chi connectivity index (χ4v) is 2.10. The number of hydrogen-bond acceptors (Lipinski definition) is 4. The Morgan fingerprint density at radius 2 is 2.26 bits per heavy atom. The third-order valence-corrected chi connectivity index (χ3v) is 3.12. The normalized spacial score (nSPS) is 14.3. The number of amides is 1. The van der Waals surface area contributed by atoms with E-state index in [1.807, 2.05) is 26.0 Å². The van der Waals surface area contributed by atoms with Crippen LogP contribution in [-0.2, 0) is 11.3 Å². The summed E-state index contributed by atoms with van der Waals surface area (Å²) in [6.07, 6.45) is 0. The molecule has 0 aliphatic carbocycles. The molecule has 5 nitrogen and oxygen atoms in total. The number of carbonyl (C=O) groups is 1. The highest BCUT2D eigenvalue weighted by atomic mass is 35.5. The van der Waals surface area contributed by atoms with Crippen LogP contribution in [0.1, 0.15) is 19.4 Å². The maximum atomic E-state index is 11.6. The summed E-state index contributed by atoms with van der Waals surface area (Å²) >= 11 is 6.09. The van der Waals surface area contributed by atoms with Crippen LogP contribution < -0.4 is 20.1 Å². The summed E-state index contributed by atoms with van der Waals surface area (Å²) in [4.78, 5) is 11.6. The molecule has 19 heavy (non-hydrogen) atoms. The lowest BCUT2D eigenvalue weighted by Gasteiger charge is -2.13. The van der Waals surface area contributed by atoms with Crippen molar-refractivity contribution in [3.63, 3.8) is 0 Å². The van der Waals surface area contributed by atoms with Crippen LogP contribution in [0.15, 0.2) is 12.1 Å². The molecule has 1 aliphatic rings. The van der Waals surface area contributed by atoms with Gasteiger partial charge < -0.3 is 20.1 Å². The molecule has 0 radical (unpaired) electrons. The Morgan fingerprint density at radius 3 is 3.00 bits per heavy atom. The third kappa shape index (κ3) is 3.30. The van der Waals surface area contributed by atoms with E-state index in [0.717, 1.165) is 5.56 Å². The highest BCUT2D eigenvalue weighted by Crippen LogP contribution is 2.39. The van der Waals surface area contributed by atoms with Crippen molar-refractivity contribution in [1.82, 2.24) is 10.6 Å². The first kappa shape index (κ1) is 14.0. The largest absolute Gasteiger partial charge is 0.454 e. The van der Waals surface area contributed by atoms with Crippen LogP contribution in [0.3, 0.4) is 0 Å². The van der Waals surface area contributed by atoms with Crippen molar-refractivity contribution in [3.8, 4) is 11.5 Å². The molecule has 1 aromatic rings. The van der Waals surface area contributed by atoms with Gasteiger partial charge in [0.2, 0.25) is 12.7 Å². The topological polar surface area (TPSA) is 59.6 Å². The Hall–Kier alpha value is -1.46. The highest BCUT2D eigenvalue weighted by Gasteiger charge is 2.18. The molecule has 2 rings (SSSR count). The van der Waals surface area contributed by atoms with E-state index in [4.69, 9.17) is 21.1 Å². The Kier molecular flexibility index (Phi) is 4.50. The average molecular weight is 285 g/mol. The summed E-state index contributed by atoms with van der Waals surface area (Å²) in [5.74, 6) is 1.21.